The predicted octanol–water partition coefficient (Wildman–Crippen LogP) is 0.802. The molecule has 0 spiro atoms. The number of fused-ring (bicyclic) bond motifs is 1. The molecule has 0 radical (unpaired) electrons. The normalized spacial score (nSPS) is 15.1. The summed E-state index contributed by atoms with van der Waals surface area (Å²) in [6.07, 6.45) is 1.85. The van der Waals surface area contributed by atoms with Gasteiger partial charge in [-0.15, -0.1) is 0 Å². The fourth-order valence-corrected chi connectivity index (χ4v) is 2.09. The minimum absolute atomic E-state index is 0.303. The Kier molecular flexibility index (Phi) is 3.01. The minimum Gasteiger partial charge on any atom is -0.489 e. The number of rotatable bonds is 2. The summed E-state index contributed by atoms with van der Waals surface area (Å²) in [4.78, 5) is 0. The molecule has 1 aliphatic rings. The van der Waals surface area contributed by atoms with E-state index in [-0.39, 0.29) is 0 Å². The van der Waals surface area contributed by atoms with E-state index in [1.165, 1.54) is 6.07 Å². The Balaban J connectivity index is 2.39. The molecule has 0 fully saturated rings. The average Bonchev–Trinajstić information content (AvgIpc) is 2.41. The van der Waals surface area contributed by atoms with Gasteiger partial charge in [0, 0.05) is 18.6 Å². The highest BCUT2D eigenvalue weighted by atomic mass is 32.2. The first-order valence-electron chi connectivity index (χ1n) is 5.12. The van der Waals surface area contributed by atoms with Crippen LogP contribution in [0.1, 0.15) is 6.42 Å². The molecular formula is C10H14N2O4S. The fourth-order valence-electron chi connectivity index (χ4n) is 1.51. The van der Waals surface area contributed by atoms with Gasteiger partial charge in [-0.2, -0.15) is 0 Å². The van der Waals surface area contributed by atoms with Gasteiger partial charge in [0.15, 0.2) is 11.5 Å². The molecule has 0 amide bonds. The Morgan fingerprint density at radius 3 is 2.41 bits per heavy atom. The van der Waals surface area contributed by atoms with Crippen LogP contribution in [-0.4, -0.2) is 27.9 Å². The maximum absolute atomic E-state index is 11.2. The molecule has 1 aliphatic heterocycles. The monoisotopic (exact) mass is 258 g/mol. The summed E-state index contributed by atoms with van der Waals surface area (Å²) in [5, 5.41) is 0. The third-order valence-corrected chi connectivity index (χ3v) is 2.81. The van der Waals surface area contributed by atoms with Crippen molar-refractivity contribution < 1.29 is 17.9 Å². The maximum atomic E-state index is 11.2. The fraction of sp³-hybridized carbons (Fsp3) is 0.400. The van der Waals surface area contributed by atoms with E-state index in [0.717, 1.165) is 12.7 Å². The number of hydrogen-bond acceptors (Lipinski definition) is 5. The van der Waals surface area contributed by atoms with Crippen LogP contribution in [0.3, 0.4) is 0 Å². The van der Waals surface area contributed by atoms with Crippen LogP contribution in [0.4, 0.5) is 11.4 Å². The number of nitrogen functional groups attached to an aromatic ring is 1. The number of nitrogens with one attached hydrogen (secondary N) is 1. The van der Waals surface area contributed by atoms with Crippen molar-refractivity contribution in [3.8, 4) is 11.5 Å². The molecule has 94 valence electrons. The number of nitrogens with two attached hydrogens (primary N) is 1. The summed E-state index contributed by atoms with van der Waals surface area (Å²) in [5.41, 5.74) is 6.35. The Labute approximate surface area is 99.8 Å². The summed E-state index contributed by atoms with van der Waals surface area (Å²) < 4.78 is 35.5. The molecule has 17 heavy (non-hydrogen) atoms. The highest BCUT2D eigenvalue weighted by Gasteiger charge is 2.15. The number of ether oxygens (including phenoxy) is 2. The van der Waals surface area contributed by atoms with Crippen molar-refractivity contribution in [2.45, 2.75) is 6.42 Å². The molecule has 2 rings (SSSR count). The van der Waals surface area contributed by atoms with Crippen LogP contribution in [0.25, 0.3) is 0 Å². The van der Waals surface area contributed by atoms with E-state index in [9.17, 15) is 8.42 Å². The van der Waals surface area contributed by atoms with Crippen LogP contribution < -0.4 is 19.9 Å². The second kappa shape index (κ2) is 4.33. The Morgan fingerprint density at radius 2 is 1.82 bits per heavy atom. The third kappa shape index (κ3) is 2.94. The van der Waals surface area contributed by atoms with E-state index in [0.29, 0.717) is 36.1 Å². The second-order valence-electron chi connectivity index (χ2n) is 3.81. The molecule has 1 aromatic carbocycles. The molecule has 0 bridgehead atoms. The van der Waals surface area contributed by atoms with Crippen LogP contribution in [0.5, 0.6) is 11.5 Å². The summed E-state index contributed by atoms with van der Waals surface area (Å²) in [6, 6.07) is 3.10. The highest BCUT2D eigenvalue weighted by molar-refractivity contribution is 7.92. The van der Waals surface area contributed by atoms with E-state index in [2.05, 4.69) is 4.72 Å². The lowest BCUT2D eigenvalue weighted by Crippen LogP contribution is -2.11. The first-order valence-corrected chi connectivity index (χ1v) is 7.02. The quantitative estimate of drug-likeness (QED) is 0.766. The highest BCUT2D eigenvalue weighted by Crippen LogP contribution is 2.36. The summed E-state index contributed by atoms with van der Waals surface area (Å²) in [7, 11) is -3.36. The largest absolute Gasteiger partial charge is 0.489 e. The molecule has 0 saturated carbocycles. The van der Waals surface area contributed by atoms with Gasteiger partial charge in [0.1, 0.15) is 0 Å². The first kappa shape index (κ1) is 11.8. The van der Waals surface area contributed by atoms with Gasteiger partial charge in [-0.05, 0) is 0 Å². The van der Waals surface area contributed by atoms with Crippen LogP contribution in [-0.2, 0) is 10.0 Å². The van der Waals surface area contributed by atoms with Crippen molar-refractivity contribution in [1.29, 1.82) is 0 Å². The van der Waals surface area contributed by atoms with Crippen molar-refractivity contribution in [1.82, 2.24) is 0 Å². The van der Waals surface area contributed by atoms with Crippen molar-refractivity contribution in [2.75, 3.05) is 29.9 Å². The zero-order valence-corrected chi connectivity index (χ0v) is 10.2. The predicted molar refractivity (Wildman–Crippen MR) is 64.9 cm³/mol. The molecular weight excluding hydrogens is 244 g/mol. The Morgan fingerprint density at radius 1 is 1.24 bits per heavy atom. The minimum atomic E-state index is -3.36. The summed E-state index contributed by atoms with van der Waals surface area (Å²) >= 11 is 0. The molecule has 0 unspecified atom stereocenters. The summed E-state index contributed by atoms with van der Waals surface area (Å²) in [5.74, 6) is 1.04. The molecule has 0 saturated heterocycles. The van der Waals surface area contributed by atoms with Gasteiger partial charge >= 0.3 is 0 Å². The number of hydrogen-bond donors (Lipinski definition) is 2. The van der Waals surface area contributed by atoms with Gasteiger partial charge < -0.3 is 15.2 Å². The molecule has 1 heterocycles. The van der Waals surface area contributed by atoms with Gasteiger partial charge in [-0.1, -0.05) is 0 Å². The molecule has 3 N–H and O–H groups in total. The van der Waals surface area contributed by atoms with Gasteiger partial charge in [0.2, 0.25) is 10.0 Å². The maximum Gasteiger partial charge on any atom is 0.229 e. The van der Waals surface area contributed by atoms with Crippen LogP contribution in [0.2, 0.25) is 0 Å². The zero-order chi connectivity index (χ0) is 12.5. The number of sulfonamides is 1. The molecule has 1 aromatic rings. The topological polar surface area (TPSA) is 90.7 Å². The second-order valence-corrected chi connectivity index (χ2v) is 5.56. The van der Waals surface area contributed by atoms with E-state index < -0.39 is 10.0 Å². The lowest BCUT2D eigenvalue weighted by Gasteiger charge is -2.12. The Bertz CT molecular complexity index is 527. The van der Waals surface area contributed by atoms with E-state index in [4.69, 9.17) is 15.2 Å². The number of anilines is 2. The van der Waals surface area contributed by atoms with Crippen molar-refractivity contribution in [3.63, 3.8) is 0 Å². The van der Waals surface area contributed by atoms with Crippen molar-refractivity contribution in [2.24, 2.45) is 0 Å². The molecule has 0 aliphatic carbocycles. The zero-order valence-electron chi connectivity index (χ0n) is 9.39. The van der Waals surface area contributed by atoms with Crippen LogP contribution in [0.15, 0.2) is 12.1 Å². The lowest BCUT2D eigenvalue weighted by atomic mass is 10.2. The molecule has 0 aromatic heterocycles. The first-order chi connectivity index (χ1) is 7.96. The summed E-state index contributed by atoms with van der Waals surface area (Å²) in [6.45, 7) is 1.10. The number of benzene rings is 1. The van der Waals surface area contributed by atoms with Crippen molar-refractivity contribution >= 4 is 21.4 Å². The standard InChI is InChI=1S/C10H14N2O4S/c1-17(13,14)12-8-6-10-9(5-7(8)11)15-3-2-4-16-10/h5-6,12H,2-4,11H2,1H3. The van der Waals surface area contributed by atoms with Gasteiger partial charge in [-0.3, -0.25) is 4.72 Å². The van der Waals surface area contributed by atoms with Crippen LogP contribution >= 0.6 is 0 Å². The van der Waals surface area contributed by atoms with Crippen LogP contribution in [0, 0.1) is 0 Å². The average molecular weight is 258 g/mol. The Hall–Kier alpha value is -1.63. The van der Waals surface area contributed by atoms with E-state index in [1.807, 2.05) is 0 Å². The molecule has 6 nitrogen and oxygen atoms in total. The lowest BCUT2D eigenvalue weighted by molar-refractivity contribution is 0.297. The van der Waals surface area contributed by atoms with Crippen molar-refractivity contribution in [3.05, 3.63) is 12.1 Å². The van der Waals surface area contributed by atoms with E-state index in [1.54, 1.807) is 6.07 Å². The van der Waals surface area contributed by atoms with Gasteiger partial charge in [0.25, 0.3) is 0 Å². The third-order valence-electron chi connectivity index (χ3n) is 2.22. The molecule has 0 atom stereocenters. The van der Waals surface area contributed by atoms with Gasteiger partial charge in [0.05, 0.1) is 30.8 Å². The smallest absolute Gasteiger partial charge is 0.229 e. The van der Waals surface area contributed by atoms with Gasteiger partial charge in [-0.25, -0.2) is 8.42 Å². The van der Waals surface area contributed by atoms with E-state index >= 15 is 0 Å². The SMILES string of the molecule is CS(=O)(=O)Nc1cc2c(cc1N)OCCCO2. The molecule has 7 heteroatoms.